The van der Waals surface area contributed by atoms with E-state index in [0.29, 0.717) is 5.69 Å². The molecular formula is C13H11BrFN3O3. The molecule has 0 amide bonds. The first kappa shape index (κ1) is 15.3. The summed E-state index contributed by atoms with van der Waals surface area (Å²) in [6.45, 7) is 1.78. The van der Waals surface area contributed by atoms with E-state index < -0.39 is 10.7 Å². The van der Waals surface area contributed by atoms with E-state index in [9.17, 15) is 14.5 Å². The molecule has 0 aliphatic rings. The lowest BCUT2D eigenvalue weighted by molar-refractivity contribution is -0.385. The number of pyridine rings is 1. The Kier molecular flexibility index (Phi) is 4.49. The molecule has 21 heavy (non-hydrogen) atoms. The number of nitro benzene ring substituents is 1. The van der Waals surface area contributed by atoms with Crippen LogP contribution >= 0.6 is 15.9 Å². The van der Waals surface area contributed by atoms with Crippen LogP contribution in [0.15, 0.2) is 34.9 Å². The molecule has 8 heteroatoms. The van der Waals surface area contributed by atoms with Crippen LogP contribution < -0.4 is 10.5 Å². The van der Waals surface area contributed by atoms with Crippen molar-refractivity contribution in [1.82, 2.24) is 4.98 Å². The highest BCUT2D eigenvalue weighted by Crippen LogP contribution is 2.35. The average Bonchev–Trinajstić information content (AvgIpc) is 2.43. The van der Waals surface area contributed by atoms with E-state index in [1.165, 1.54) is 6.20 Å². The predicted molar refractivity (Wildman–Crippen MR) is 77.7 cm³/mol. The standard InChI is InChI=1S/C13H11BrFN3O3/c1-7(16)11-3-2-8(6-17-11)21-13-5-10(15)9(14)4-12(13)18(19)20/h2-7H,16H2,1H3/t7-/m0/s1. The van der Waals surface area contributed by atoms with Gasteiger partial charge in [-0.15, -0.1) is 0 Å². The monoisotopic (exact) mass is 355 g/mol. The fourth-order valence-corrected chi connectivity index (χ4v) is 1.92. The van der Waals surface area contributed by atoms with Crippen LogP contribution in [0.4, 0.5) is 10.1 Å². The first-order valence-corrected chi connectivity index (χ1v) is 6.70. The highest BCUT2D eigenvalue weighted by Gasteiger charge is 2.19. The Balaban J connectivity index is 2.34. The summed E-state index contributed by atoms with van der Waals surface area (Å²) >= 11 is 2.90. The summed E-state index contributed by atoms with van der Waals surface area (Å²) in [6, 6.07) is 4.96. The number of ether oxygens (including phenoxy) is 1. The van der Waals surface area contributed by atoms with Gasteiger partial charge >= 0.3 is 5.69 Å². The third kappa shape index (κ3) is 3.53. The first-order valence-electron chi connectivity index (χ1n) is 5.91. The molecule has 6 nitrogen and oxygen atoms in total. The summed E-state index contributed by atoms with van der Waals surface area (Å²) in [5.41, 5.74) is 5.97. The maximum Gasteiger partial charge on any atom is 0.312 e. The lowest BCUT2D eigenvalue weighted by Gasteiger charge is -2.09. The first-order chi connectivity index (χ1) is 9.88. The molecular weight excluding hydrogens is 345 g/mol. The van der Waals surface area contributed by atoms with Crippen molar-refractivity contribution in [1.29, 1.82) is 0 Å². The van der Waals surface area contributed by atoms with E-state index in [-0.39, 0.29) is 27.7 Å². The molecule has 1 aromatic heterocycles. The molecule has 0 saturated carbocycles. The molecule has 1 aromatic carbocycles. The molecule has 1 atom stereocenters. The number of nitro groups is 1. The Morgan fingerprint density at radius 1 is 1.48 bits per heavy atom. The number of nitrogens with two attached hydrogens (primary N) is 1. The van der Waals surface area contributed by atoms with Gasteiger partial charge in [-0.1, -0.05) is 0 Å². The zero-order chi connectivity index (χ0) is 15.6. The minimum absolute atomic E-state index is 0.00743. The van der Waals surface area contributed by atoms with Crippen molar-refractivity contribution in [3.63, 3.8) is 0 Å². The summed E-state index contributed by atoms with van der Waals surface area (Å²) in [6.07, 6.45) is 1.38. The van der Waals surface area contributed by atoms with Crippen LogP contribution in [0.3, 0.4) is 0 Å². The van der Waals surface area contributed by atoms with Gasteiger partial charge in [-0.3, -0.25) is 15.1 Å². The molecule has 0 fully saturated rings. The second kappa shape index (κ2) is 6.15. The van der Waals surface area contributed by atoms with E-state index in [0.717, 1.165) is 12.1 Å². The fourth-order valence-electron chi connectivity index (χ4n) is 1.59. The van der Waals surface area contributed by atoms with Crippen LogP contribution in [0, 0.1) is 15.9 Å². The third-order valence-electron chi connectivity index (χ3n) is 2.65. The Morgan fingerprint density at radius 3 is 2.71 bits per heavy atom. The number of halogens is 2. The second-order valence-electron chi connectivity index (χ2n) is 4.30. The Labute approximate surface area is 128 Å². The van der Waals surface area contributed by atoms with Crippen LogP contribution in [0.25, 0.3) is 0 Å². The summed E-state index contributed by atoms with van der Waals surface area (Å²) in [5, 5.41) is 11.0. The van der Waals surface area contributed by atoms with Gasteiger partial charge < -0.3 is 10.5 Å². The van der Waals surface area contributed by atoms with Crippen molar-refractivity contribution in [3.8, 4) is 11.5 Å². The fraction of sp³-hybridized carbons (Fsp3) is 0.154. The van der Waals surface area contributed by atoms with Crippen molar-refractivity contribution in [3.05, 3.63) is 56.6 Å². The molecule has 0 spiro atoms. The van der Waals surface area contributed by atoms with Gasteiger partial charge in [0.25, 0.3) is 0 Å². The van der Waals surface area contributed by atoms with Crippen molar-refractivity contribution in [2.45, 2.75) is 13.0 Å². The number of hydrogen-bond acceptors (Lipinski definition) is 5. The van der Waals surface area contributed by atoms with Crippen molar-refractivity contribution < 1.29 is 14.1 Å². The molecule has 0 saturated heterocycles. The van der Waals surface area contributed by atoms with Gasteiger partial charge in [0.2, 0.25) is 5.75 Å². The summed E-state index contributed by atoms with van der Waals surface area (Å²) in [4.78, 5) is 14.4. The number of rotatable bonds is 4. The molecule has 0 bridgehead atoms. The minimum atomic E-state index is -0.657. The molecule has 0 radical (unpaired) electrons. The SMILES string of the molecule is C[C@H](N)c1ccc(Oc2cc(F)c(Br)cc2[N+](=O)[O-])cn1. The number of nitrogens with zero attached hydrogens (tertiary/aromatic N) is 2. The van der Waals surface area contributed by atoms with E-state index >= 15 is 0 Å². The van der Waals surface area contributed by atoms with Crippen LogP contribution in [-0.2, 0) is 0 Å². The molecule has 2 rings (SSSR count). The normalized spacial score (nSPS) is 12.0. The third-order valence-corrected chi connectivity index (χ3v) is 3.26. The van der Waals surface area contributed by atoms with Gasteiger partial charge in [0.1, 0.15) is 11.6 Å². The van der Waals surface area contributed by atoms with Crippen LogP contribution in [0.2, 0.25) is 0 Å². The zero-order valence-electron chi connectivity index (χ0n) is 10.9. The van der Waals surface area contributed by atoms with E-state index in [1.54, 1.807) is 19.1 Å². The summed E-state index contributed by atoms with van der Waals surface area (Å²) < 4.78 is 18.8. The summed E-state index contributed by atoms with van der Waals surface area (Å²) in [5.74, 6) is -0.601. The Bertz CT molecular complexity index is 677. The van der Waals surface area contributed by atoms with Crippen LogP contribution in [0.1, 0.15) is 18.7 Å². The molecule has 2 aromatic rings. The quantitative estimate of drug-likeness (QED) is 0.666. The number of aromatic nitrogens is 1. The highest BCUT2D eigenvalue weighted by atomic mass is 79.9. The smallest absolute Gasteiger partial charge is 0.312 e. The molecule has 0 aliphatic heterocycles. The number of benzene rings is 1. The zero-order valence-corrected chi connectivity index (χ0v) is 12.5. The molecule has 110 valence electrons. The molecule has 2 N–H and O–H groups in total. The highest BCUT2D eigenvalue weighted by molar-refractivity contribution is 9.10. The largest absolute Gasteiger partial charge is 0.448 e. The van der Waals surface area contributed by atoms with Gasteiger partial charge in [-0.25, -0.2) is 4.39 Å². The lowest BCUT2D eigenvalue weighted by atomic mass is 10.2. The van der Waals surface area contributed by atoms with Crippen LogP contribution in [0.5, 0.6) is 11.5 Å². The Hall–Kier alpha value is -2.06. The number of hydrogen-bond donors (Lipinski definition) is 1. The molecule has 1 heterocycles. The van der Waals surface area contributed by atoms with Gasteiger partial charge in [-0.2, -0.15) is 0 Å². The van der Waals surface area contributed by atoms with E-state index in [2.05, 4.69) is 20.9 Å². The van der Waals surface area contributed by atoms with Gasteiger partial charge in [-0.05, 0) is 35.0 Å². The maximum atomic E-state index is 13.5. The van der Waals surface area contributed by atoms with Crippen molar-refractivity contribution >= 4 is 21.6 Å². The van der Waals surface area contributed by atoms with Crippen LogP contribution in [-0.4, -0.2) is 9.91 Å². The topological polar surface area (TPSA) is 91.3 Å². The minimum Gasteiger partial charge on any atom is -0.448 e. The Morgan fingerprint density at radius 2 is 2.19 bits per heavy atom. The molecule has 0 aliphatic carbocycles. The second-order valence-corrected chi connectivity index (χ2v) is 5.15. The van der Waals surface area contributed by atoms with Gasteiger partial charge in [0, 0.05) is 18.2 Å². The summed E-state index contributed by atoms with van der Waals surface area (Å²) in [7, 11) is 0. The van der Waals surface area contributed by atoms with Crippen molar-refractivity contribution in [2.75, 3.05) is 0 Å². The average molecular weight is 356 g/mol. The van der Waals surface area contributed by atoms with E-state index in [4.69, 9.17) is 10.5 Å². The maximum absolute atomic E-state index is 13.5. The lowest BCUT2D eigenvalue weighted by Crippen LogP contribution is -2.06. The van der Waals surface area contributed by atoms with Gasteiger partial charge in [0.15, 0.2) is 0 Å². The van der Waals surface area contributed by atoms with Crippen molar-refractivity contribution in [2.24, 2.45) is 5.73 Å². The predicted octanol–water partition coefficient (Wildman–Crippen LogP) is 3.70. The van der Waals surface area contributed by atoms with Gasteiger partial charge in [0.05, 0.1) is 21.3 Å². The van der Waals surface area contributed by atoms with E-state index in [1.807, 2.05) is 0 Å². The molecule has 0 unspecified atom stereocenters.